The average molecular weight is 243 g/mol. The molecule has 1 fully saturated rings. The molecule has 0 N–H and O–H groups in total. The molecule has 0 spiro atoms. The Morgan fingerprint density at radius 3 is 2.75 bits per heavy atom. The topological polar surface area (TPSA) is 9.23 Å². The van der Waals surface area contributed by atoms with Crippen LogP contribution in [0.25, 0.3) is 0 Å². The maximum atomic E-state index is 13.5. The van der Waals surface area contributed by atoms with Crippen molar-refractivity contribution >= 4 is 11.6 Å². The third-order valence-corrected chi connectivity index (χ3v) is 3.73. The van der Waals surface area contributed by atoms with Gasteiger partial charge < -0.3 is 4.74 Å². The van der Waals surface area contributed by atoms with Gasteiger partial charge in [-0.25, -0.2) is 4.39 Å². The van der Waals surface area contributed by atoms with Crippen molar-refractivity contribution < 1.29 is 9.13 Å². The normalized spacial score (nSPS) is 17.9. The molecule has 2 rings (SSSR count). The molecule has 0 aromatic heterocycles. The van der Waals surface area contributed by atoms with E-state index in [9.17, 15) is 4.39 Å². The lowest BCUT2D eigenvalue weighted by Gasteiger charge is -2.27. The summed E-state index contributed by atoms with van der Waals surface area (Å²) in [5.74, 6) is 0.670. The van der Waals surface area contributed by atoms with Gasteiger partial charge >= 0.3 is 0 Å². The summed E-state index contributed by atoms with van der Waals surface area (Å²) in [6, 6.07) is 4.97. The molecule has 16 heavy (non-hydrogen) atoms. The number of ether oxygens (including phenoxy) is 1. The van der Waals surface area contributed by atoms with Gasteiger partial charge in [-0.1, -0.05) is 25.3 Å². The van der Waals surface area contributed by atoms with E-state index in [0.717, 1.165) is 17.9 Å². The first-order valence-corrected chi connectivity index (χ1v) is 6.12. The Morgan fingerprint density at radius 2 is 2.25 bits per heavy atom. The fraction of sp³-hybridized carbons (Fsp3) is 0.538. The van der Waals surface area contributed by atoms with Crippen molar-refractivity contribution in [2.24, 2.45) is 5.92 Å². The molecule has 1 unspecified atom stereocenters. The molecule has 1 aromatic carbocycles. The number of halogens is 2. The lowest BCUT2D eigenvalue weighted by atomic mass is 9.81. The number of benzene rings is 1. The first-order valence-electron chi connectivity index (χ1n) is 5.68. The highest BCUT2D eigenvalue weighted by Crippen LogP contribution is 2.38. The van der Waals surface area contributed by atoms with Crippen molar-refractivity contribution in [3.8, 4) is 5.75 Å². The Kier molecular flexibility index (Phi) is 3.70. The lowest BCUT2D eigenvalue weighted by Crippen LogP contribution is -2.13. The predicted molar refractivity (Wildman–Crippen MR) is 63.5 cm³/mol. The molecule has 0 bridgehead atoms. The Balaban J connectivity index is 2.04. The van der Waals surface area contributed by atoms with Crippen LogP contribution in [0, 0.1) is 11.7 Å². The molecule has 0 aliphatic heterocycles. The van der Waals surface area contributed by atoms with Crippen LogP contribution in [0.5, 0.6) is 5.75 Å². The molecule has 1 nitrogen and oxygen atoms in total. The molecule has 1 aromatic rings. The number of methoxy groups -OCH3 is 1. The molecule has 1 aliphatic carbocycles. The largest absolute Gasteiger partial charge is 0.494 e. The fourth-order valence-electron chi connectivity index (χ4n) is 2.03. The maximum Gasteiger partial charge on any atom is 0.165 e. The summed E-state index contributed by atoms with van der Waals surface area (Å²) >= 11 is 6.27. The Hall–Kier alpha value is -0.760. The summed E-state index contributed by atoms with van der Waals surface area (Å²) in [5.41, 5.74) is 0.854. The summed E-state index contributed by atoms with van der Waals surface area (Å²) in [4.78, 5) is 0. The molecule has 88 valence electrons. The van der Waals surface area contributed by atoms with Crippen LogP contribution in [0.2, 0.25) is 0 Å². The SMILES string of the molecule is COc1ccc(C(Cl)CC2CCC2)cc1F. The van der Waals surface area contributed by atoms with Gasteiger partial charge in [-0.05, 0) is 30.0 Å². The molecular weight excluding hydrogens is 227 g/mol. The van der Waals surface area contributed by atoms with Gasteiger partial charge in [0.1, 0.15) is 0 Å². The summed E-state index contributed by atoms with van der Waals surface area (Å²) < 4.78 is 18.3. The van der Waals surface area contributed by atoms with E-state index >= 15 is 0 Å². The highest BCUT2D eigenvalue weighted by Gasteiger charge is 2.22. The summed E-state index contributed by atoms with van der Waals surface area (Å²) in [7, 11) is 1.46. The van der Waals surface area contributed by atoms with Crippen LogP contribution in [-0.2, 0) is 0 Å². The molecule has 0 saturated heterocycles. The van der Waals surface area contributed by atoms with E-state index in [1.165, 1.54) is 32.4 Å². The van der Waals surface area contributed by atoms with Crippen LogP contribution in [0.4, 0.5) is 4.39 Å². The van der Waals surface area contributed by atoms with Crippen LogP contribution in [0.3, 0.4) is 0 Å². The van der Waals surface area contributed by atoms with Crippen molar-refractivity contribution in [3.05, 3.63) is 29.6 Å². The first kappa shape index (κ1) is 11.7. The predicted octanol–water partition coefficient (Wildman–Crippen LogP) is 4.30. The molecule has 3 heteroatoms. The molecular formula is C13H16ClFO. The summed E-state index contributed by atoms with van der Waals surface area (Å²) in [6.07, 6.45) is 4.79. The second-order valence-electron chi connectivity index (χ2n) is 4.39. The molecule has 0 radical (unpaired) electrons. The lowest BCUT2D eigenvalue weighted by molar-refractivity contribution is 0.293. The molecule has 1 atom stereocenters. The van der Waals surface area contributed by atoms with Crippen molar-refractivity contribution in [2.45, 2.75) is 31.1 Å². The number of rotatable bonds is 4. The average Bonchev–Trinajstić information content (AvgIpc) is 2.23. The van der Waals surface area contributed by atoms with E-state index in [1.54, 1.807) is 6.07 Å². The van der Waals surface area contributed by atoms with Gasteiger partial charge in [0.2, 0.25) is 0 Å². The summed E-state index contributed by atoms with van der Waals surface area (Å²) in [6.45, 7) is 0. The van der Waals surface area contributed by atoms with E-state index in [1.807, 2.05) is 6.07 Å². The Morgan fingerprint density at radius 1 is 1.50 bits per heavy atom. The highest BCUT2D eigenvalue weighted by atomic mass is 35.5. The molecule has 0 heterocycles. The minimum Gasteiger partial charge on any atom is -0.494 e. The second kappa shape index (κ2) is 5.05. The Bertz CT molecular complexity index is 363. The van der Waals surface area contributed by atoms with Gasteiger partial charge in [-0.15, -0.1) is 11.6 Å². The zero-order valence-corrected chi connectivity index (χ0v) is 10.1. The quantitative estimate of drug-likeness (QED) is 0.715. The van der Waals surface area contributed by atoms with Crippen molar-refractivity contribution in [1.29, 1.82) is 0 Å². The van der Waals surface area contributed by atoms with Gasteiger partial charge in [-0.2, -0.15) is 0 Å². The van der Waals surface area contributed by atoms with E-state index in [4.69, 9.17) is 16.3 Å². The second-order valence-corrected chi connectivity index (χ2v) is 4.92. The first-order chi connectivity index (χ1) is 7.70. The van der Waals surface area contributed by atoms with Crippen LogP contribution in [0.1, 0.15) is 36.6 Å². The van der Waals surface area contributed by atoms with Crippen LogP contribution in [-0.4, -0.2) is 7.11 Å². The molecule has 1 saturated carbocycles. The number of alkyl halides is 1. The van der Waals surface area contributed by atoms with E-state index in [2.05, 4.69) is 0 Å². The van der Waals surface area contributed by atoms with Gasteiger partial charge in [0.05, 0.1) is 12.5 Å². The standard InChI is InChI=1S/C13H16ClFO/c1-16-13-6-5-10(8-12(13)15)11(14)7-9-3-2-4-9/h5-6,8-9,11H,2-4,7H2,1H3. The van der Waals surface area contributed by atoms with Crippen LogP contribution >= 0.6 is 11.6 Å². The van der Waals surface area contributed by atoms with E-state index < -0.39 is 0 Å². The zero-order valence-electron chi connectivity index (χ0n) is 9.38. The summed E-state index contributed by atoms with van der Waals surface area (Å²) in [5, 5.41) is -0.0780. The molecule has 1 aliphatic rings. The van der Waals surface area contributed by atoms with Crippen molar-refractivity contribution in [3.63, 3.8) is 0 Å². The van der Waals surface area contributed by atoms with Gasteiger partial charge in [0.15, 0.2) is 11.6 Å². The third-order valence-electron chi connectivity index (χ3n) is 3.30. The minimum atomic E-state index is -0.334. The zero-order chi connectivity index (χ0) is 11.5. The third kappa shape index (κ3) is 2.49. The van der Waals surface area contributed by atoms with Crippen molar-refractivity contribution in [1.82, 2.24) is 0 Å². The van der Waals surface area contributed by atoms with E-state index in [0.29, 0.717) is 0 Å². The maximum absolute atomic E-state index is 13.5. The van der Waals surface area contributed by atoms with E-state index in [-0.39, 0.29) is 16.9 Å². The number of hydrogen-bond acceptors (Lipinski definition) is 1. The number of hydrogen-bond donors (Lipinski definition) is 0. The minimum absolute atomic E-state index is 0.0780. The fourth-order valence-corrected chi connectivity index (χ4v) is 2.42. The monoisotopic (exact) mass is 242 g/mol. The van der Waals surface area contributed by atoms with Gasteiger partial charge in [-0.3, -0.25) is 0 Å². The van der Waals surface area contributed by atoms with Gasteiger partial charge in [0.25, 0.3) is 0 Å². The Labute approximate surface area is 101 Å². The van der Waals surface area contributed by atoms with Crippen LogP contribution < -0.4 is 4.74 Å². The highest BCUT2D eigenvalue weighted by molar-refractivity contribution is 6.20. The van der Waals surface area contributed by atoms with Crippen molar-refractivity contribution in [2.75, 3.05) is 7.11 Å². The smallest absolute Gasteiger partial charge is 0.165 e. The van der Waals surface area contributed by atoms with Gasteiger partial charge in [0, 0.05) is 0 Å². The van der Waals surface area contributed by atoms with Crippen LogP contribution in [0.15, 0.2) is 18.2 Å². The molecule has 0 amide bonds.